The standard InChI is InChI=1S/C17H28N4O2/c1-13-11-14(23-19-13)12-20-7-9-21(10-8-20)16(22)15-5-3-4-6-17(15,2)18/h11,15H,3-10,12,18H2,1-2H3. The van der Waals surface area contributed by atoms with E-state index >= 15 is 0 Å². The van der Waals surface area contributed by atoms with Crippen molar-refractivity contribution in [1.29, 1.82) is 0 Å². The van der Waals surface area contributed by atoms with Gasteiger partial charge in [-0.1, -0.05) is 18.0 Å². The van der Waals surface area contributed by atoms with E-state index in [4.69, 9.17) is 10.3 Å². The van der Waals surface area contributed by atoms with Gasteiger partial charge < -0.3 is 15.2 Å². The van der Waals surface area contributed by atoms with Crippen molar-refractivity contribution in [3.05, 3.63) is 17.5 Å². The molecule has 2 heterocycles. The van der Waals surface area contributed by atoms with E-state index in [2.05, 4.69) is 10.1 Å². The molecule has 6 nitrogen and oxygen atoms in total. The zero-order chi connectivity index (χ0) is 16.4. The first-order valence-electron chi connectivity index (χ1n) is 8.68. The SMILES string of the molecule is Cc1cc(CN2CCN(C(=O)C3CCCCC3(C)N)CC2)on1. The monoisotopic (exact) mass is 320 g/mol. The molecule has 3 rings (SSSR count). The fourth-order valence-corrected chi connectivity index (χ4v) is 3.82. The smallest absolute Gasteiger partial charge is 0.227 e. The van der Waals surface area contributed by atoms with Gasteiger partial charge in [-0.2, -0.15) is 0 Å². The molecule has 0 aromatic carbocycles. The van der Waals surface area contributed by atoms with Gasteiger partial charge in [0.05, 0.1) is 18.2 Å². The maximum atomic E-state index is 12.8. The predicted molar refractivity (Wildman–Crippen MR) is 87.6 cm³/mol. The molecular weight excluding hydrogens is 292 g/mol. The number of carbonyl (C=O) groups is 1. The normalized spacial score (nSPS) is 29.7. The number of aryl methyl sites for hydroxylation is 1. The zero-order valence-corrected chi connectivity index (χ0v) is 14.3. The van der Waals surface area contributed by atoms with Gasteiger partial charge in [0.1, 0.15) is 0 Å². The highest BCUT2D eigenvalue weighted by molar-refractivity contribution is 5.80. The van der Waals surface area contributed by atoms with Crippen molar-refractivity contribution in [2.45, 2.75) is 51.6 Å². The van der Waals surface area contributed by atoms with Gasteiger partial charge >= 0.3 is 0 Å². The number of aromatic nitrogens is 1. The molecule has 1 saturated carbocycles. The van der Waals surface area contributed by atoms with Crippen LogP contribution >= 0.6 is 0 Å². The molecule has 6 heteroatoms. The second-order valence-corrected chi connectivity index (χ2v) is 7.34. The van der Waals surface area contributed by atoms with Gasteiger partial charge in [-0.05, 0) is 26.7 Å². The minimum Gasteiger partial charge on any atom is -0.360 e. The van der Waals surface area contributed by atoms with E-state index in [-0.39, 0.29) is 17.4 Å². The van der Waals surface area contributed by atoms with Crippen LogP contribution in [0.1, 0.15) is 44.1 Å². The fraction of sp³-hybridized carbons (Fsp3) is 0.765. The minimum absolute atomic E-state index is 0.0141. The van der Waals surface area contributed by atoms with Crippen molar-refractivity contribution in [3.8, 4) is 0 Å². The average molecular weight is 320 g/mol. The molecular formula is C17H28N4O2. The summed E-state index contributed by atoms with van der Waals surface area (Å²) in [7, 11) is 0. The molecule has 1 aromatic heterocycles. The summed E-state index contributed by atoms with van der Waals surface area (Å²) in [6.07, 6.45) is 4.15. The second kappa shape index (κ2) is 6.61. The lowest BCUT2D eigenvalue weighted by atomic mass is 9.74. The van der Waals surface area contributed by atoms with Crippen LogP contribution in [0.5, 0.6) is 0 Å². The topological polar surface area (TPSA) is 75.6 Å². The number of carbonyl (C=O) groups excluding carboxylic acids is 1. The van der Waals surface area contributed by atoms with Crippen LogP contribution in [-0.4, -0.2) is 52.6 Å². The predicted octanol–water partition coefficient (Wildman–Crippen LogP) is 1.53. The average Bonchev–Trinajstić information content (AvgIpc) is 2.92. The third kappa shape index (κ3) is 3.75. The molecule has 1 aliphatic carbocycles. The van der Waals surface area contributed by atoms with E-state index in [1.165, 1.54) is 0 Å². The van der Waals surface area contributed by atoms with Gasteiger partial charge in [0.15, 0.2) is 5.76 Å². The van der Waals surface area contributed by atoms with Crippen LogP contribution in [0, 0.1) is 12.8 Å². The lowest BCUT2D eigenvalue weighted by Gasteiger charge is -2.42. The molecule has 0 spiro atoms. The third-order valence-corrected chi connectivity index (χ3v) is 5.29. The highest BCUT2D eigenvalue weighted by Crippen LogP contribution is 2.33. The summed E-state index contributed by atoms with van der Waals surface area (Å²) < 4.78 is 5.28. The van der Waals surface area contributed by atoms with E-state index in [1.54, 1.807) is 0 Å². The van der Waals surface area contributed by atoms with E-state index in [9.17, 15) is 4.79 Å². The Morgan fingerprint density at radius 2 is 2.13 bits per heavy atom. The van der Waals surface area contributed by atoms with Crippen LogP contribution in [0.2, 0.25) is 0 Å². The van der Waals surface area contributed by atoms with Crippen molar-refractivity contribution in [2.75, 3.05) is 26.2 Å². The summed E-state index contributed by atoms with van der Waals surface area (Å²) in [5, 5.41) is 3.92. The Hall–Kier alpha value is -1.40. The summed E-state index contributed by atoms with van der Waals surface area (Å²) in [6.45, 7) is 8.03. The van der Waals surface area contributed by atoms with Gasteiger partial charge in [0, 0.05) is 37.8 Å². The maximum Gasteiger partial charge on any atom is 0.227 e. The Kier molecular flexibility index (Phi) is 4.73. The molecule has 1 aliphatic heterocycles. The number of rotatable bonds is 3. The number of hydrogen-bond donors (Lipinski definition) is 1. The third-order valence-electron chi connectivity index (χ3n) is 5.29. The molecule has 1 amide bonds. The summed E-state index contributed by atoms with van der Waals surface area (Å²) in [4.78, 5) is 17.2. The van der Waals surface area contributed by atoms with Crippen molar-refractivity contribution < 1.29 is 9.32 Å². The highest BCUT2D eigenvalue weighted by Gasteiger charge is 2.40. The van der Waals surface area contributed by atoms with Gasteiger partial charge in [-0.3, -0.25) is 9.69 Å². The van der Waals surface area contributed by atoms with E-state index in [0.717, 1.165) is 69.9 Å². The molecule has 0 bridgehead atoms. The van der Waals surface area contributed by atoms with Crippen LogP contribution < -0.4 is 5.73 Å². The van der Waals surface area contributed by atoms with Gasteiger partial charge in [-0.15, -0.1) is 0 Å². The van der Waals surface area contributed by atoms with Crippen molar-refractivity contribution in [1.82, 2.24) is 15.0 Å². The minimum atomic E-state index is -0.343. The van der Waals surface area contributed by atoms with Crippen LogP contribution in [0.25, 0.3) is 0 Å². The van der Waals surface area contributed by atoms with Gasteiger partial charge in [-0.25, -0.2) is 0 Å². The number of nitrogens with zero attached hydrogens (tertiary/aromatic N) is 3. The number of nitrogens with two attached hydrogens (primary N) is 1. The van der Waals surface area contributed by atoms with Crippen molar-refractivity contribution in [2.24, 2.45) is 11.7 Å². The van der Waals surface area contributed by atoms with Crippen molar-refractivity contribution in [3.63, 3.8) is 0 Å². The summed E-state index contributed by atoms with van der Waals surface area (Å²) in [5.74, 6) is 1.13. The summed E-state index contributed by atoms with van der Waals surface area (Å²) in [5.41, 5.74) is 6.95. The maximum absolute atomic E-state index is 12.8. The van der Waals surface area contributed by atoms with Crippen LogP contribution in [0.3, 0.4) is 0 Å². The first kappa shape index (κ1) is 16.5. The van der Waals surface area contributed by atoms with E-state index in [0.29, 0.717) is 0 Å². The summed E-state index contributed by atoms with van der Waals surface area (Å²) in [6, 6.07) is 1.97. The van der Waals surface area contributed by atoms with Crippen LogP contribution in [-0.2, 0) is 11.3 Å². The Labute approximate surface area is 138 Å². The fourth-order valence-electron chi connectivity index (χ4n) is 3.82. The van der Waals surface area contributed by atoms with Crippen LogP contribution in [0.4, 0.5) is 0 Å². The highest BCUT2D eigenvalue weighted by atomic mass is 16.5. The molecule has 128 valence electrons. The second-order valence-electron chi connectivity index (χ2n) is 7.34. The van der Waals surface area contributed by atoms with Gasteiger partial charge in [0.25, 0.3) is 0 Å². The summed E-state index contributed by atoms with van der Waals surface area (Å²) >= 11 is 0. The quantitative estimate of drug-likeness (QED) is 0.914. The first-order valence-corrected chi connectivity index (χ1v) is 8.68. The molecule has 2 fully saturated rings. The van der Waals surface area contributed by atoms with E-state index < -0.39 is 0 Å². The number of piperazine rings is 1. The van der Waals surface area contributed by atoms with Crippen molar-refractivity contribution >= 4 is 5.91 Å². The molecule has 2 unspecified atom stereocenters. The lowest BCUT2D eigenvalue weighted by molar-refractivity contribution is -0.140. The van der Waals surface area contributed by atoms with Gasteiger partial charge in [0.2, 0.25) is 5.91 Å². The Morgan fingerprint density at radius 3 is 2.74 bits per heavy atom. The number of hydrogen-bond acceptors (Lipinski definition) is 5. The molecule has 23 heavy (non-hydrogen) atoms. The van der Waals surface area contributed by atoms with E-state index in [1.807, 2.05) is 24.8 Å². The first-order chi connectivity index (χ1) is 11.0. The molecule has 1 saturated heterocycles. The molecule has 1 aromatic rings. The Balaban J connectivity index is 1.53. The Bertz CT molecular complexity index is 547. The molecule has 0 radical (unpaired) electrons. The van der Waals surface area contributed by atoms with Crippen LogP contribution in [0.15, 0.2) is 10.6 Å². The lowest BCUT2D eigenvalue weighted by Crippen LogP contribution is -2.57. The molecule has 2 N–H and O–H groups in total. The largest absolute Gasteiger partial charge is 0.360 e. The molecule has 2 atom stereocenters. The Morgan fingerprint density at radius 1 is 1.39 bits per heavy atom. The molecule has 2 aliphatic rings. The number of amides is 1. The zero-order valence-electron chi connectivity index (χ0n) is 14.3.